The highest BCUT2D eigenvalue weighted by atomic mass is 16.2. The van der Waals surface area contributed by atoms with Crippen molar-refractivity contribution in [2.45, 2.75) is 6.92 Å². The normalized spacial score (nSPS) is 10.1. The van der Waals surface area contributed by atoms with E-state index in [1.807, 2.05) is 6.92 Å². The third kappa shape index (κ3) is 2.54. The number of carbonyl (C=O) groups is 1. The van der Waals surface area contributed by atoms with Crippen LogP contribution in [0.5, 0.6) is 0 Å². The van der Waals surface area contributed by atoms with Gasteiger partial charge in [0.05, 0.1) is 0 Å². The quantitative estimate of drug-likeness (QED) is 0.683. The maximum absolute atomic E-state index is 11.8. The molecule has 0 bridgehead atoms. The molecule has 0 fully saturated rings. The predicted octanol–water partition coefficient (Wildman–Crippen LogP) is 0.913. The van der Waals surface area contributed by atoms with Gasteiger partial charge < -0.3 is 11.1 Å². The molecule has 4 N–H and O–H groups in total. The number of aryl methyl sites for hydroxylation is 1. The van der Waals surface area contributed by atoms with Gasteiger partial charge in [-0.05, 0) is 36.8 Å². The van der Waals surface area contributed by atoms with Crippen molar-refractivity contribution in [3.63, 3.8) is 0 Å². The molecule has 0 unspecified atom stereocenters. The highest BCUT2D eigenvalue weighted by Crippen LogP contribution is 2.16. The number of nitrogens with two attached hydrogens (primary N) is 1. The van der Waals surface area contributed by atoms with E-state index in [4.69, 9.17) is 5.73 Å². The highest BCUT2D eigenvalue weighted by molar-refractivity contribution is 6.02. The maximum atomic E-state index is 11.8. The zero-order valence-corrected chi connectivity index (χ0v) is 9.73. The molecule has 18 heavy (non-hydrogen) atoms. The molecule has 2 aromatic rings. The summed E-state index contributed by atoms with van der Waals surface area (Å²) >= 11 is 0. The molecule has 0 aliphatic carbocycles. The molecule has 0 saturated carbocycles. The molecule has 1 heterocycles. The summed E-state index contributed by atoms with van der Waals surface area (Å²) in [5, 5.41) is 8.51. The number of nitrogen functional groups attached to an aromatic ring is 1. The van der Waals surface area contributed by atoms with Gasteiger partial charge in [0.15, 0.2) is 0 Å². The minimum Gasteiger partial charge on any atom is -0.399 e. The van der Waals surface area contributed by atoms with Crippen molar-refractivity contribution in [3.05, 3.63) is 51.9 Å². The summed E-state index contributed by atoms with van der Waals surface area (Å²) in [5.74, 6) is -0.393. The molecule has 0 spiro atoms. The average molecular weight is 244 g/mol. The van der Waals surface area contributed by atoms with Crippen LogP contribution in [0.1, 0.15) is 16.1 Å². The first-order valence-corrected chi connectivity index (χ1v) is 5.29. The molecular formula is C12H12N4O2. The first-order valence-electron chi connectivity index (χ1n) is 5.29. The average Bonchev–Trinajstić information content (AvgIpc) is 2.34. The maximum Gasteiger partial charge on any atom is 0.276 e. The number of carbonyl (C=O) groups excluding carboxylic acids is 1. The second kappa shape index (κ2) is 4.70. The Kier molecular flexibility index (Phi) is 3.09. The number of amides is 1. The molecule has 1 amide bonds. The van der Waals surface area contributed by atoms with Crippen molar-refractivity contribution in [3.8, 4) is 0 Å². The van der Waals surface area contributed by atoms with Gasteiger partial charge in [-0.15, -0.1) is 0 Å². The summed E-state index contributed by atoms with van der Waals surface area (Å²) < 4.78 is 0. The first kappa shape index (κ1) is 11.8. The second-order valence-corrected chi connectivity index (χ2v) is 3.83. The van der Waals surface area contributed by atoms with E-state index in [2.05, 4.69) is 15.5 Å². The van der Waals surface area contributed by atoms with Gasteiger partial charge in [-0.25, -0.2) is 5.10 Å². The van der Waals surface area contributed by atoms with Crippen molar-refractivity contribution >= 4 is 17.3 Å². The van der Waals surface area contributed by atoms with Crippen LogP contribution in [0.3, 0.4) is 0 Å². The number of nitrogens with zero attached hydrogens (tertiary/aromatic N) is 1. The van der Waals surface area contributed by atoms with Gasteiger partial charge in [-0.2, -0.15) is 5.10 Å². The lowest BCUT2D eigenvalue weighted by Gasteiger charge is -2.06. The van der Waals surface area contributed by atoms with Crippen LogP contribution in [0.2, 0.25) is 0 Å². The fourth-order valence-electron chi connectivity index (χ4n) is 1.42. The van der Waals surface area contributed by atoms with Crippen molar-refractivity contribution in [2.75, 3.05) is 11.1 Å². The number of benzene rings is 1. The lowest BCUT2D eigenvalue weighted by molar-refractivity contribution is 0.102. The number of H-pyrrole nitrogens is 1. The van der Waals surface area contributed by atoms with Crippen LogP contribution < -0.4 is 16.6 Å². The summed E-state index contributed by atoms with van der Waals surface area (Å²) in [6.07, 6.45) is 0. The Morgan fingerprint density at radius 2 is 2.11 bits per heavy atom. The molecule has 0 radical (unpaired) electrons. The predicted molar refractivity (Wildman–Crippen MR) is 68.4 cm³/mol. The Labute approximate surface area is 103 Å². The molecule has 6 nitrogen and oxygen atoms in total. The molecule has 0 atom stereocenters. The largest absolute Gasteiger partial charge is 0.399 e. The standard InChI is InChI=1S/C12H12N4O2/c1-7-6-8(2-3-9(7)13)14-12(18)10-4-5-11(17)16-15-10/h2-6H,13H2,1H3,(H,14,18)(H,16,17). The van der Waals surface area contributed by atoms with Crippen LogP contribution in [-0.2, 0) is 0 Å². The molecule has 1 aromatic heterocycles. The smallest absolute Gasteiger partial charge is 0.276 e. The lowest BCUT2D eigenvalue weighted by Crippen LogP contribution is -2.17. The van der Waals surface area contributed by atoms with E-state index < -0.39 is 5.91 Å². The van der Waals surface area contributed by atoms with Crippen LogP contribution >= 0.6 is 0 Å². The van der Waals surface area contributed by atoms with E-state index in [9.17, 15) is 9.59 Å². The second-order valence-electron chi connectivity index (χ2n) is 3.83. The van der Waals surface area contributed by atoms with Crippen molar-refractivity contribution in [1.82, 2.24) is 10.2 Å². The Bertz CT molecular complexity index is 628. The number of hydrogen-bond donors (Lipinski definition) is 3. The van der Waals surface area contributed by atoms with Crippen LogP contribution in [0.15, 0.2) is 35.1 Å². The zero-order valence-electron chi connectivity index (χ0n) is 9.73. The minimum atomic E-state index is -0.393. The van der Waals surface area contributed by atoms with Gasteiger partial charge in [0.25, 0.3) is 11.5 Å². The number of rotatable bonds is 2. The van der Waals surface area contributed by atoms with Gasteiger partial charge in [-0.1, -0.05) is 0 Å². The zero-order chi connectivity index (χ0) is 13.1. The summed E-state index contributed by atoms with van der Waals surface area (Å²) in [5.41, 5.74) is 7.64. The highest BCUT2D eigenvalue weighted by Gasteiger charge is 2.08. The van der Waals surface area contributed by atoms with Crippen molar-refractivity contribution < 1.29 is 4.79 Å². The molecule has 1 aromatic carbocycles. The minimum absolute atomic E-state index is 0.143. The van der Waals surface area contributed by atoms with Crippen LogP contribution in [0, 0.1) is 6.92 Å². The Morgan fingerprint density at radius 3 is 2.72 bits per heavy atom. The number of nitrogens with one attached hydrogen (secondary N) is 2. The fraction of sp³-hybridized carbons (Fsp3) is 0.0833. The monoisotopic (exact) mass is 244 g/mol. The van der Waals surface area contributed by atoms with Crippen molar-refractivity contribution in [2.24, 2.45) is 0 Å². The lowest BCUT2D eigenvalue weighted by atomic mass is 10.2. The molecule has 6 heteroatoms. The summed E-state index contributed by atoms with van der Waals surface area (Å²) in [6, 6.07) is 7.78. The van der Waals surface area contributed by atoms with Gasteiger partial charge in [0, 0.05) is 17.4 Å². The molecule has 0 aliphatic heterocycles. The Balaban J connectivity index is 2.18. The fourth-order valence-corrected chi connectivity index (χ4v) is 1.42. The van der Waals surface area contributed by atoms with E-state index in [0.29, 0.717) is 11.4 Å². The SMILES string of the molecule is Cc1cc(NC(=O)c2ccc(=O)[nH]n2)ccc1N. The third-order valence-corrected chi connectivity index (χ3v) is 2.44. The topological polar surface area (TPSA) is 101 Å². The van der Waals surface area contributed by atoms with Gasteiger partial charge in [0.2, 0.25) is 0 Å². The molecule has 2 rings (SSSR count). The van der Waals surface area contributed by atoms with Crippen molar-refractivity contribution in [1.29, 1.82) is 0 Å². The van der Waals surface area contributed by atoms with Gasteiger partial charge in [-0.3, -0.25) is 9.59 Å². The number of anilines is 2. The molecule has 92 valence electrons. The van der Waals surface area contributed by atoms with Crippen LogP contribution in [-0.4, -0.2) is 16.1 Å². The molecular weight excluding hydrogens is 232 g/mol. The third-order valence-electron chi connectivity index (χ3n) is 2.44. The summed E-state index contributed by atoms with van der Waals surface area (Å²) in [7, 11) is 0. The first-order chi connectivity index (χ1) is 8.56. The summed E-state index contributed by atoms with van der Waals surface area (Å²) in [4.78, 5) is 22.6. The molecule has 0 saturated heterocycles. The van der Waals surface area contributed by atoms with E-state index in [0.717, 1.165) is 5.56 Å². The van der Waals surface area contributed by atoms with Crippen LogP contribution in [0.4, 0.5) is 11.4 Å². The number of aromatic nitrogens is 2. The number of hydrogen-bond acceptors (Lipinski definition) is 4. The van der Waals surface area contributed by atoms with Crippen LogP contribution in [0.25, 0.3) is 0 Å². The Morgan fingerprint density at radius 1 is 1.33 bits per heavy atom. The number of aromatic amines is 1. The Hall–Kier alpha value is -2.63. The van der Waals surface area contributed by atoms with Gasteiger partial charge in [0.1, 0.15) is 5.69 Å². The van der Waals surface area contributed by atoms with E-state index in [-0.39, 0.29) is 11.3 Å². The summed E-state index contributed by atoms with van der Waals surface area (Å²) in [6.45, 7) is 1.85. The van der Waals surface area contributed by atoms with E-state index in [1.54, 1.807) is 18.2 Å². The molecule has 0 aliphatic rings. The van der Waals surface area contributed by atoms with Gasteiger partial charge >= 0.3 is 0 Å². The van der Waals surface area contributed by atoms with E-state index >= 15 is 0 Å². The van der Waals surface area contributed by atoms with E-state index in [1.165, 1.54) is 12.1 Å².